The Balaban J connectivity index is 1.97. The first-order valence-corrected chi connectivity index (χ1v) is 3.65. The maximum Gasteiger partial charge on any atom is 0.0772 e. The van der Waals surface area contributed by atoms with Crippen LogP contribution in [0, 0.1) is 6.42 Å². The van der Waals surface area contributed by atoms with Gasteiger partial charge in [0.1, 0.15) is 0 Å². The fourth-order valence-electron chi connectivity index (χ4n) is 1.59. The van der Waals surface area contributed by atoms with Crippen LogP contribution >= 0.6 is 0 Å². The Labute approximate surface area is 55.6 Å². The quantitative estimate of drug-likeness (QED) is 0.505. The summed E-state index contributed by atoms with van der Waals surface area (Å²) in [6.07, 6.45) is 5.17. The van der Waals surface area contributed by atoms with E-state index in [0.29, 0.717) is 12.1 Å². The smallest absolute Gasteiger partial charge is 0.0772 e. The number of ether oxygens (including phenoxy) is 1. The molecule has 0 saturated carbocycles. The standard InChI is InChI=1S/C7H12NO/c1-2-6-7(9-5-1)3-4-8-6/h3,6-8H,1-2,4-5H2. The van der Waals surface area contributed by atoms with Gasteiger partial charge >= 0.3 is 0 Å². The molecule has 2 heteroatoms. The molecule has 51 valence electrons. The molecule has 2 saturated heterocycles. The van der Waals surface area contributed by atoms with E-state index in [0.717, 1.165) is 13.2 Å². The van der Waals surface area contributed by atoms with Gasteiger partial charge < -0.3 is 10.1 Å². The zero-order valence-corrected chi connectivity index (χ0v) is 5.47. The van der Waals surface area contributed by atoms with Crippen molar-refractivity contribution in [2.24, 2.45) is 0 Å². The van der Waals surface area contributed by atoms with Crippen molar-refractivity contribution in [1.29, 1.82) is 0 Å². The highest BCUT2D eigenvalue weighted by molar-refractivity contribution is 4.98. The molecule has 0 aromatic carbocycles. The van der Waals surface area contributed by atoms with Crippen molar-refractivity contribution in [3.8, 4) is 0 Å². The Morgan fingerprint density at radius 3 is 3.44 bits per heavy atom. The summed E-state index contributed by atoms with van der Waals surface area (Å²) in [4.78, 5) is 0. The van der Waals surface area contributed by atoms with E-state index in [4.69, 9.17) is 4.74 Å². The molecule has 2 aliphatic heterocycles. The molecule has 9 heavy (non-hydrogen) atoms. The fraction of sp³-hybridized carbons (Fsp3) is 0.857. The molecule has 0 aromatic rings. The van der Waals surface area contributed by atoms with Crippen LogP contribution in [-0.2, 0) is 4.74 Å². The first-order valence-electron chi connectivity index (χ1n) is 3.65. The van der Waals surface area contributed by atoms with E-state index in [1.807, 2.05) is 0 Å². The number of nitrogens with one attached hydrogen (secondary N) is 1. The van der Waals surface area contributed by atoms with Crippen molar-refractivity contribution >= 4 is 0 Å². The molecule has 2 fully saturated rings. The molecule has 0 spiro atoms. The lowest BCUT2D eigenvalue weighted by Crippen LogP contribution is -2.36. The summed E-state index contributed by atoms with van der Waals surface area (Å²) in [5.41, 5.74) is 0. The van der Waals surface area contributed by atoms with Gasteiger partial charge in [0.25, 0.3) is 0 Å². The van der Waals surface area contributed by atoms with Gasteiger partial charge in [0.15, 0.2) is 0 Å². The number of rotatable bonds is 0. The average Bonchev–Trinajstić information content (AvgIpc) is 2.33. The molecule has 2 nitrogen and oxygen atoms in total. The van der Waals surface area contributed by atoms with Gasteiger partial charge in [0, 0.05) is 25.6 Å². The van der Waals surface area contributed by atoms with Crippen LogP contribution in [0.3, 0.4) is 0 Å². The Morgan fingerprint density at radius 1 is 1.56 bits per heavy atom. The largest absolute Gasteiger partial charge is 0.376 e. The van der Waals surface area contributed by atoms with E-state index in [1.54, 1.807) is 0 Å². The minimum absolute atomic E-state index is 0.429. The maximum absolute atomic E-state index is 5.48. The van der Waals surface area contributed by atoms with Crippen molar-refractivity contribution < 1.29 is 4.74 Å². The monoisotopic (exact) mass is 126 g/mol. The van der Waals surface area contributed by atoms with Gasteiger partial charge in [0.05, 0.1) is 6.10 Å². The summed E-state index contributed by atoms with van der Waals surface area (Å²) in [7, 11) is 0. The SMILES string of the molecule is [CH]1CNC2CCCOC12. The van der Waals surface area contributed by atoms with Crippen LogP contribution in [-0.4, -0.2) is 25.3 Å². The molecule has 0 aromatic heterocycles. The van der Waals surface area contributed by atoms with Gasteiger partial charge in [-0.05, 0) is 12.8 Å². The van der Waals surface area contributed by atoms with Crippen LogP contribution in [0.1, 0.15) is 12.8 Å². The van der Waals surface area contributed by atoms with E-state index >= 15 is 0 Å². The van der Waals surface area contributed by atoms with Crippen LogP contribution in [0.2, 0.25) is 0 Å². The fourth-order valence-corrected chi connectivity index (χ4v) is 1.59. The van der Waals surface area contributed by atoms with Crippen molar-refractivity contribution in [2.45, 2.75) is 25.0 Å². The topological polar surface area (TPSA) is 21.3 Å². The number of hydrogen-bond acceptors (Lipinski definition) is 2. The second kappa shape index (κ2) is 2.27. The molecular weight excluding hydrogens is 114 g/mol. The highest BCUT2D eigenvalue weighted by Crippen LogP contribution is 2.19. The normalized spacial score (nSPS) is 42.7. The highest BCUT2D eigenvalue weighted by atomic mass is 16.5. The van der Waals surface area contributed by atoms with Crippen LogP contribution in [0.15, 0.2) is 0 Å². The molecule has 2 atom stereocenters. The molecule has 1 N–H and O–H groups in total. The third-order valence-corrected chi connectivity index (χ3v) is 2.10. The molecule has 0 amide bonds. The van der Waals surface area contributed by atoms with Crippen molar-refractivity contribution in [3.63, 3.8) is 0 Å². The van der Waals surface area contributed by atoms with Crippen LogP contribution in [0.25, 0.3) is 0 Å². The zero-order chi connectivity index (χ0) is 6.10. The van der Waals surface area contributed by atoms with Crippen molar-refractivity contribution in [1.82, 2.24) is 5.32 Å². The first-order chi connectivity index (χ1) is 4.47. The van der Waals surface area contributed by atoms with Gasteiger partial charge in [0.2, 0.25) is 0 Å². The average molecular weight is 126 g/mol. The molecule has 2 aliphatic rings. The summed E-state index contributed by atoms with van der Waals surface area (Å²) in [6.45, 7) is 1.99. The summed E-state index contributed by atoms with van der Waals surface area (Å²) in [5.74, 6) is 0. The lowest BCUT2D eigenvalue weighted by molar-refractivity contribution is 0.0286. The van der Waals surface area contributed by atoms with E-state index in [2.05, 4.69) is 11.7 Å². The van der Waals surface area contributed by atoms with Gasteiger partial charge in [-0.15, -0.1) is 0 Å². The lowest BCUT2D eigenvalue weighted by atomic mass is 10.0. The van der Waals surface area contributed by atoms with Gasteiger partial charge in [-0.2, -0.15) is 0 Å². The van der Waals surface area contributed by atoms with Crippen LogP contribution in [0.4, 0.5) is 0 Å². The highest BCUT2D eigenvalue weighted by Gasteiger charge is 2.29. The third kappa shape index (κ3) is 0.970. The second-order valence-corrected chi connectivity index (χ2v) is 2.73. The van der Waals surface area contributed by atoms with Crippen molar-refractivity contribution in [2.75, 3.05) is 13.2 Å². The van der Waals surface area contributed by atoms with Gasteiger partial charge in [-0.1, -0.05) is 0 Å². The maximum atomic E-state index is 5.48. The van der Waals surface area contributed by atoms with Crippen LogP contribution < -0.4 is 5.32 Å². The molecule has 0 bridgehead atoms. The predicted molar refractivity (Wildman–Crippen MR) is 35.1 cm³/mol. The van der Waals surface area contributed by atoms with Crippen molar-refractivity contribution in [3.05, 3.63) is 6.42 Å². The number of fused-ring (bicyclic) bond motifs is 1. The molecule has 2 rings (SSSR count). The van der Waals surface area contributed by atoms with E-state index in [-0.39, 0.29) is 0 Å². The van der Waals surface area contributed by atoms with E-state index in [9.17, 15) is 0 Å². The van der Waals surface area contributed by atoms with Gasteiger partial charge in [-0.3, -0.25) is 0 Å². The summed E-state index contributed by atoms with van der Waals surface area (Å²) in [5, 5.41) is 3.38. The molecule has 2 heterocycles. The minimum Gasteiger partial charge on any atom is -0.376 e. The minimum atomic E-state index is 0.429. The second-order valence-electron chi connectivity index (χ2n) is 2.73. The van der Waals surface area contributed by atoms with Crippen LogP contribution in [0.5, 0.6) is 0 Å². The van der Waals surface area contributed by atoms with E-state index in [1.165, 1.54) is 12.8 Å². The summed E-state index contributed by atoms with van der Waals surface area (Å²) < 4.78 is 5.48. The molecule has 1 radical (unpaired) electrons. The lowest BCUT2D eigenvalue weighted by Gasteiger charge is -2.24. The van der Waals surface area contributed by atoms with Gasteiger partial charge in [-0.25, -0.2) is 0 Å². The Bertz CT molecular complexity index is 93.1. The molecule has 2 unspecified atom stereocenters. The third-order valence-electron chi connectivity index (χ3n) is 2.10. The van der Waals surface area contributed by atoms with E-state index < -0.39 is 0 Å². The predicted octanol–water partition coefficient (Wildman–Crippen LogP) is 0.341. The Kier molecular flexibility index (Phi) is 1.44. The zero-order valence-electron chi connectivity index (χ0n) is 5.47. The summed E-state index contributed by atoms with van der Waals surface area (Å²) >= 11 is 0. The Hall–Kier alpha value is -0.0800. The number of hydrogen-bond donors (Lipinski definition) is 1. The Morgan fingerprint density at radius 2 is 2.56 bits per heavy atom. The molecule has 0 aliphatic carbocycles. The molecular formula is C7H12NO. The summed E-state index contributed by atoms with van der Waals surface area (Å²) in [6, 6.07) is 0.638. The first kappa shape index (κ1) is 5.69.